The van der Waals surface area contributed by atoms with E-state index in [4.69, 9.17) is 4.74 Å². The van der Waals surface area contributed by atoms with Gasteiger partial charge in [-0.25, -0.2) is 0 Å². The minimum Gasteiger partial charge on any atom is -0.384 e. The first kappa shape index (κ1) is 8.60. The van der Waals surface area contributed by atoms with Crippen LogP contribution in [0.3, 0.4) is 0 Å². The summed E-state index contributed by atoms with van der Waals surface area (Å²) in [5, 5.41) is 0. The third-order valence-corrected chi connectivity index (χ3v) is 2.23. The van der Waals surface area contributed by atoms with E-state index in [0.29, 0.717) is 0 Å². The van der Waals surface area contributed by atoms with Gasteiger partial charge in [0, 0.05) is 31.8 Å². The average molecular weight is 155 g/mol. The van der Waals surface area contributed by atoms with Gasteiger partial charge in [-0.3, -0.25) is 0 Å². The molecular formula is C9H17NO. The Morgan fingerprint density at radius 1 is 1.73 bits per heavy atom. The largest absolute Gasteiger partial charge is 0.384 e. The minimum atomic E-state index is 0.719. The van der Waals surface area contributed by atoms with Crippen LogP contribution in [-0.2, 0) is 4.74 Å². The molecule has 0 aromatic carbocycles. The molecule has 1 fully saturated rings. The Kier molecular flexibility index (Phi) is 2.94. The molecule has 0 aliphatic carbocycles. The van der Waals surface area contributed by atoms with E-state index in [9.17, 15) is 0 Å². The summed E-state index contributed by atoms with van der Waals surface area (Å²) in [7, 11) is 1.77. The van der Waals surface area contributed by atoms with Crippen LogP contribution in [-0.4, -0.2) is 31.7 Å². The van der Waals surface area contributed by atoms with E-state index in [1.807, 2.05) is 0 Å². The molecule has 0 radical (unpaired) electrons. The number of ether oxygens (including phenoxy) is 1. The summed E-state index contributed by atoms with van der Waals surface area (Å²) in [5.74, 6) is 0.719. The second kappa shape index (κ2) is 3.77. The number of hydrogen-bond donors (Lipinski definition) is 0. The Morgan fingerprint density at radius 2 is 2.45 bits per heavy atom. The summed E-state index contributed by atoms with van der Waals surface area (Å²) in [5.41, 5.74) is 1.18. The zero-order valence-electron chi connectivity index (χ0n) is 7.47. The Balaban J connectivity index is 2.29. The van der Waals surface area contributed by atoms with Crippen molar-refractivity contribution in [3.63, 3.8) is 0 Å². The standard InChI is InChI=1S/C9H17NO/c1-8(2)10-5-4-9(6-10)7-11-3/h9H,1,4-7H2,2-3H3. The molecule has 2 heteroatoms. The minimum absolute atomic E-state index is 0.719. The van der Waals surface area contributed by atoms with Crippen LogP contribution in [0.5, 0.6) is 0 Å². The molecular weight excluding hydrogens is 138 g/mol. The summed E-state index contributed by atoms with van der Waals surface area (Å²) >= 11 is 0. The van der Waals surface area contributed by atoms with E-state index in [0.717, 1.165) is 25.6 Å². The molecule has 11 heavy (non-hydrogen) atoms. The van der Waals surface area contributed by atoms with Crippen LogP contribution in [0.4, 0.5) is 0 Å². The smallest absolute Gasteiger partial charge is 0.0508 e. The van der Waals surface area contributed by atoms with Crippen LogP contribution in [0.25, 0.3) is 0 Å². The molecule has 1 aliphatic heterocycles. The van der Waals surface area contributed by atoms with Crippen molar-refractivity contribution < 1.29 is 4.74 Å². The predicted octanol–water partition coefficient (Wildman–Crippen LogP) is 1.49. The number of hydrogen-bond acceptors (Lipinski definition) is 2. The van der Waals surface area contributed by atoms with Crippen molar-refractivity contribution in [2.24, 2.45) is 5.92 Å². The Bertz CT molecular complexity index is 144. The molecule has 0 saturated carbocycles. The molecule has 1 unspecified atom stereocenters. The van der Waals surface area contributed by atoms with Crippen LogP contribution in [0.2, 0.25) is 0 Å². The lowest BCUT2D eigenvalue weighted by Gasteiger charge is -2.17. The zero-order chi connectivity index (χ0) is 8.27. The second-order valence-electron chi connectivity index (χ2n) is 3.29. The molecule has 2 nitrogen and oxygen atoms in total. The van der Waals surface area contributed by atoms with Gasteiger partial charge in [-0.1, -0.05) is 6.58 Å². The number of allylic oxidation sites excluding steroid dienone is 1. The lowest BCUT2D eigenvalue weighted by atomic mass is 10.1. The molecule has 1 saturated heterocycles. The quantitative estimate of drug-likeness (QED) is 0.612. The Morgan fingerprint density at radius 3 is 2.91 bits per heavy atom. The molecule has 1 heterocycles. The molecule has 1 aliphatic rings. The predicted molar refractivity (Wildman–Crippen MR) is 46.4 cm³/mol. The molecule has 0 bridgehead atoms. The van der Waals surface area contributed by atoms with Gasteiger partial charge < -0.3 is 9.64 Å². The highest BCUT2D eigenvalue weighted by molar-refractivity contribution is 4.93. The molecule has 0 aromatic heterocycles. The molecule has 0 amide bonds. The highest BCUT2D eigenvalue weighted by atomic mass is 16.5. The van der Waals surface area contributed by atoms with Crippen molar-refractivity contribution >= 4 is 0 Å². The zero-order valence-corrected chi connectivity index (χ0v) is 7.47. The Labute approximate surface area is 68.8 Å². The van der Waals surface area contributed by atoms with Crippen LogP contribution in [0.15, 0.2) is 12.3 Å². The summed E-state index contributed by atoms with van der Waals surface area (Å²) in [6.07, 6.45) is 1.25. The van der Waals surface area contributed by atoms with Crippen molar-refractivity contribution in [1.82, 2.24) is 4.90 Å². The van der Waals surface area contributed by atoms with E-state index >= 15 is 0 Å². The average Bonchev–Trinajstić information content (AvgIpc) is 2.37. The van der Waals surface area contributed by atoms with Gasteiger partial charge >= 0.3 is 0 Å². The number of likely N-dealkylation sites (tertiary alicyclic amines) is 1. The van der Waals surface area contributed by atoms with E-state index in [2.05, 4.69) is 18.4 Å². The molecule has 0 aromatic rings. The van der Waals surface area contributed by atoms with Gasteiger partial charge in [0.15, 0.2) is 0 Å². The van der Waals surface area contributed by atoms with Crippen molar-refractivity contribution in [2.45, 2.75) is 13.3 Å². The first-order chi connectivity index (χ1) is 5.24. The second-order valence-corrected chi connectivity index (χ2v) is 3.29. The van der Waals surface area contributed by atoms with Gasteiger partial charge in [0.25, 0.3) is 0 Å². The maximum Gasteiger partial charge on any atom is 0.0508 e. The third-order valence-electron chi connectivity index (χ3n) is 2.23. The van der Waals surface area contributed by atoms with Crippen molar-refractivity contribution in [2.75, 3.05) is 26.8 Å². The van der Waals surface area contributed by atoms with Crippen LogP contribution in [0, 0.1) is 5.92 Å². The normalized spacial score (nSPS) is 24.2. The van der Waals surface area contributed by atoms with Gasteiger partial charge in [-0.15, -0.1) is 0 Å². The SMILES string of the molecule is C=C(C)N1CCC(COC)C1. The number of methoxy groups -OCH3 is 1. The van der Waals surface area contributed by atoms with Gasteiger partial charge in [-0.2, -0.15) is 0 Å². The first-order valence-electron chi connectivity index (χ1n) is 4.13. The topological polar surface area (TPSA) is 12.5 Å². The maximum atomic E-state index is 5.10. The molecule has 1 atom stereocenters. The van der Waals surface area contributed by atoms with Gasteiger partial charge in [0.1, 0.15) is 0 Å². The number of nitrogens with zero attached hydrogens (tertiary/aromatic N) is 1. The lowest BCUT2D eigenvalue weighted by Crippen LogP contribution is -2.18. The van der Waals surface area contributed by atoms with Gasteiger partial charge in [-0.05, 0) is 13.3 Å². The van der Waals surface area contributed by atoms with Crippen LogP contribution >= 0.6 is 0 Å². The molecule has 64 valence electrons. The summed E-state index contributed by atoms with van der Waals surface area (Å²) in [6.45, 7) is 9.16. The van der Waals surface area contributed by atoms with Crippen molar-refractivity contribution in [1.29, 1.82) is 0 Å². The number of rotatable bonds is 3. The monoisotopic (exact) mass is 155 g/mol. The van der Waals surface area contributed by atoms with Crippen molar-refractivity contribution in [3.05, 3.63) is 12.3 Å². The van der Waals surface area contributed by atoms with E-state index in [1.54, 1.807) is 7.11 Å². The van der Waals surface area contributed by atoms with Crippen LogP contribution in [0.1, 0.15) is 13.3 Å². The van der Waals surface area contributed by atoms with Crippen LogP contribution < -0.4 is 0 Å². The summed E-state index contributed by atoms with van der Waals surface area (Å²) < 4.78 is 5.10. The van der Waals surface area contributed by atoms with E-state index in [1.165, 1.54) is 12.1 Å². The molecule has 0 N–H and O–H groups in total. The highest BCUT2D eigenvalue weighted by Crippen LogP contribution is 2.19. The summed E-state index contributed by atoms with van der Waals surface area (Å²) in [6, 6.07) is 0. The summed E-state index contributed by atoms with van der Waals surface area (Å²) in [4.78, 5) is 2.32. The maximum absolute atomic E-state index is 5.10. The molecule has 1 rings (SSSR count). The van der Waals surface area contributed by atoms with E-state index < -0.39 is 0 Å². The fraction of sp³-hybridized carbons (Fsp3) is 0.778. The third kappa shape index (κ3) is 2.22. The Hall–Kier alpha value is -0.500. The molecule has 0 spiro atoms. The van der Waals surface area contributed by atoms with Crippen molar-refractivity contribution in [3.8, 4) is 0 Å². The highest BCUT2D eigenvalue weighted by Gasteiger charge is 2.21. The lowest BCUT2D eigenvalue weighted by molar-refractivity contribution is 0.156. The first-order valence-corrected chi connectivity index (χ1v) is 4.13. The fourth-order valence-corrected chi connectivity index (χ4v) is 1.55. The van der Waals surface area contributed by atoms with Gasteiger partial charge in [0.05, 0.1) is 6.61 Å². The van der Waals surface area contributed by atoms with Gasteiger partial charge in [0.2, 0.25) is 0 Å². The fourth-order valence-electron chi connectivity index (χ4n) is 1.55. The van der Waals surface area contributed by atoms with E-state index in [-0.39, 0.29) is 0 Å².